The van der Waals surface area contributed by atoms with Crippen LogP contribution in [-0.2, 0) is 6.42 Å². The molecule has 6 heteroatoms. The monoisotopic (exact) mass is 422 g/mol. The number of nitrogens with one attached hydrogen (secondary N) is 1. The summed E-state index contributed by atoms with van der Waals surface area (Å²) in [5, 5.41) is 4.65. The standard InChI is InChI=1S/C15H26N4S.HI/c1-11-9-18-12(20-11)7-8-17-13(16-6)19-10-14(2,3)15(19,4)5;/h9H,7-8,10H2,1-6H3,(H,16,17);1H. The molecule has 0 unspecified atom stereocenters. The fraction of sp³-hybridized carbons (Fsp3) is 0.733. The maximum absolute atomic E-state index is 4.42. The van der Waals surface area contributed by atoms with Gasteiger partial charge < -0.3 is 10.2 Å². The van der Waals surface area contributed by atoms with Crippen molar-refractivity contribution in [3.05, 3.63) is 16.1 Å². The van der Waals surface area contributed by atoms with Crippen molar-refractivity contribution >= 4 is 41.3 Å². The van der Waals surface area contributed by atoms with Crippen molar-refractivity contribution < 1.29 is 0 Å². The Morgan fingerprint density at radius 3 is 2.52 bits per heavy atom. The Morgan fingerprint density at radius 2 is 2.10 bits per heavy atom. The van der Waals surface area contributed by atoms with Crippen molar-refractivity contribution in [2.24, 2.45) is 10.4 Å². The predicted octanol–water partition coefficient (Wildman–Crippen LogP) is 3.31. The molecule has 0 aliphatic carbocycles. The first-order valence-corrected chi connectivity index (χ1v) is 7.99. The Bertz CT molecular complexity index is 508. The van der Waals surface area contributed by atoms with Gasteiger partial charge in [-0.1, -0.05) is 13.8 Å². The molecule has 0 amide bonds. The largest absolute Gasteiger partial charge is 0.356 e. The summed E-state index contributed by atoms with van der Waals surface area (Å²) in [6, 6.07) is 0. The predicted molar refractivity (Wildman–Crippen MR) is 102 cm³/mol. The summed E-state index contributed by atoms with van der Waals surface area (Å²) >= 11 is 1.77. The number of aliphatic imine (C=N–C) groups is 1. The summed E-state index contributed by atoms with van der Waals surface area (Å²) in [5.41, 5.74) is 0.476. The van der Waals surface area contributed by atoms with Crippen molar-refractivity contribution in [2.75, 3.05) is 20.1 Å². The number of aromatic nitrogens is 1. The van der Waals surface area contributed by atoms with Gasteiger partial charge in [-0.15, -0.1) is 35.3 Å². The average Bonchev–Trinajstić information content (AvgIpc) is 2.78. The summed E-state index contributed by atoms with van der Waals surface area (Å²) in [7, 11) is 1.86. The first-order chi connectivity index (χ1) is 9.28. The Hall–Kier alpha value is -0.370. The normalized spacial score (nSPS) is 19.7. The van der Waals surface area contributed by atoms with E-state index in [4.69, 9.17) is 0 Å². The molecule has 1 aliphatic heterocycles. The van der Waals surface area contributed by atoms with Crippen molar-refractivity contribution in [3.8, 4) is 0 Å². The van der Waals surface area contributed by atoms with Gasteiger partial charge in [0.25, 0.3) is 0 Å². The molecule has 1 fully saturated rings. The van der Waals surface area contributed by atoms with E-state index in [-0.39, 0.29) is 29.5 Å². The Labute approximate surface area is 149 Å². The minimum atomic E-state index is 0. The van der Waals surface area contributed by atoms with Gasteiger partial charge in [-0.05, 0) is 20.8 Å². The van der Waals surface area contributed by atoms with E-state index in [1.807, 2.05) is 13.2 Å². The molecule has 0 atom stereocenters. The third kappa shape index (κ3) is 3.70. The maximum Gasteiger partial charge on any atom is 0.194 e. The number of nitrogens with zero attached hydrogens (tertiary/aromatic N) is 3. The van der Waals surface area contributed by atoms with E-state index in [0.29, 0.717) is 5.41 Å². The first-order valence-electron chi connectivity index (χ1n) is 7.17. The van der Waals surface area contributed by atoms with Gasteiger partial charge in [-0.2, -0.15) is 0 Å². The van der Waals surface area contributed by atoms with Crippen LogP contribution in [0, 0.1) is 12.3 Å². The van der Waals surface area contributed by atoms with Crippen LogP contribution in [0.2, 0.25) is 0 Å². The molecule has 1 N–H and O–H groups in total. The molecule has 4 nitrogen and oxygen atoms in total. The second-order valence-corrected chi connectivity index (χ2v) is 7.94. The van der Waals surface area contributed by atoms with E-state index in [9.17, 15) is 0 Å². The molecule has 0 bridgehead atoms. The molecule has 2 heterocycles. The van der Waals surface area contributed by atoms with Crippen LogP contribution in [0.25, 0.3) is 0 Å². The van der Waals surface area contributed by atoms with Gasteiger partial charge in [-0.3, -0.25) is 4.99 Å². The highest BCUT2D eigenvalue weighted by Crippen LogP contribution is 2.46. The minimum Gasteiger partial charge on any atom is -0.356 e. The van der Waals surface area contributed by atoms with E-state index in [1.165, 1.54) is 9.88 Å². The van der Waals surface area contributed by atoms with Crippen molar-refractivity contribution in [2.45, 2.75) is 46.6 Å². The molecule has 1 saturated heterocycles. The van der Waals surface area contributed by atoms with Gasteiger partial charge in [0.2, 0.25) is 0 Å². The first kappa shape index (κ1) is 18.7. The lowest BCUT2D eigenvalue weighted by atomic mass is 9.65. The third-order valence-electron chi connectivity index (χ3n) is 4.64. The van der Waals surface area contributed by atoms with Gasteiger partial charge in [0.05, 0.1) is 5.01 Å². The lowest BCUT2D eigenvalue weighted by molar-refractivity contribution is -0.0666. The number of halogens is 1. The fourth-order valence-corrected chi connectivity index (χ4v) is 3.28. The van der Waals surface area contributed by atoms with Crippen LogP contribution in [0.4, 0.5) is 0 Å². The van der Waals surface area contributed by atoms with E-state index in [2.05, 4.69) is 54.8 Å². The smallest absolute Gasteiger partial charge is 0.194 e. The van der Waals surface area contributed by atoms with Crippen molar-refractivity contribution in [3.63, 3.8) is 0 Å². The van der Waals surface area contributed by atoms with Crippen LogP contribution in [0.3, 0.4) is 0 Å². The van der Waals surface area contributed by atoms with Gasteiger partial charge in [0.15, 0.2) is 5.96 Å². The molecule has 0 saturated carbocycles. The van der Waals surface area contributed by atoms with Crippen LogP contribution in [0.5, 0.6) is 0 Å². The van der Waals surface area contributed by atoms with Gasteiger partial charge in [-0.25, -0.2) is 4.98 Å². The van der Waals surface area contributed by atoms with E-state index >= 15 is 0 Å². The Balaban J connectivity index is 0.00000220. The molecule has 21 heavy (non-hydrogen) atoms. The lowest BCUT2D eigenvalue weighted by Gasteiger charge is -2.62. The molecule has 0 radical (unpaired) electrons. The summed E-state index contributed by atoms with van der Waals surface area (Å²) in [5.74, 6) is 1.00. The zero-order valence-corrected chi connectivity index (χ0v) is 17.0. The van der Waals surface area contributed by atoms with Crippen LogP contribution >= 0.6 is 35.3 Å². The molecular weight excluding hydrogens is 395 g/mol. The van der Waals surface area contributed by atoms with Gasteiger partial charge in [0, 0.05) is 48.6 Å². The Kier molecular flexibility index (Phi) is 6.06. The number of hydrogen-bond acceptors (Lipinski definition) is 3. The van der Waals surface area contributed by atoms with E-state index in [0.717, 1.165) is 25.5 Å². The molecule has 120 valence electrons. The van der Waals surface area contributed by atoms with Crippen LogP contribution in [-0.4, -0.2) is 41.5 Å². The maximum atomic E-state index is 4.42. The van der Waals surface area contributed by atoms with E-state index in [1.54, 1.807) is 11.3 Å². The molecule has 0 aromatic carbocycles. The molecule has 0 spiro atoms. The summed E-state index contributed by atoms with van der Waals surface area (Å²) < 4.78 is 0. The SMILES string of the molecule is CN=C(NCCc1ncc(C)s1)N1CC(C)(C)C1(C)C.I. The topological polar surface area (TPSA) is 40.5 Å². The molecular formula is C15H27IN4S. The highest BCUT2D eigenvalue weighted by Gasteiger charge is 2.53. The van der Waals surface area contributed by atoms with Gasteiger partial charge in [0.1, 0.15) is 0 Å². The highest BCUT2D eigenvalue weighted by atomic mass is 127. The second kappa shape index (κ2) is 6.81. The number of rotatable bonds is 3. The number of guanidine groups is 1. The van der Waals surface area contributed by atoms with Gasteiger partial charge >= 0.3 is 0 Å². The molecule has 1 aromatic heterocycles. The second-order valence-electron chi connectivity index (χ2n) is 6.62. The quantitative estimate of drug-likeness (QED) is 0.462. The third-order valence-corrected chi connectivity index (χ3v) is 5.62. The lowest BCUT2D eigenvalue weighted by Crippen LogP contribution is -2.72. The zero-order valence-electron chi connectivity index (χ0n) is 13.9. The Morgan fingerprint density at radius 1 is 1.43 bits per heavy atom. The molecule has 2 rings (SSSR count). The number of likely N-dealkylation sites (tertiary alicyclic amines) is 1. The highest BCUT2D eigenvalue weighted by molar-refractivity contribution is 14.0. The van der Waals surface area contributed by atoms with Crippen LogP contribution in [0.1, 0.15) is 37.6 Å². The zero-order chi connectivity index (χ0) is 15.0. The average molecular weight is 422 g/mol. The molecule has 1 aromatic rings. The van der Waals surface area contributed by atoms with Crippen molar-refractivity contribution in [1.29, 1.82) is 0 Å². The summed E-state index contributed by atoms with van der Waals surface area (Å²) in [6.45, 7) is 13.2. The fourth-order valence-electron chi connectivity index (χ4n) is 2.49. The number of thiazole rings is 1. The molecule has 1 aliphatic rings. The van der Waals surface area contributed by atoms with Crippen molar-refractivity contribution in [1.82, 2.24) is 15.2 Å². The van der Waals surface area contributed by atoms with Crippen LogP contribution < -0.4 is 5.32 Å². The number of hydrogen-bond donors (Lipinski definition) is 1. The minimum absolute atomic E-state index is 0. The van der Waals surface area contributed by atoms with Crippen LogP contribution in [0.15, 0.2) is 11.2 Å². The summed E-state index contributed by atoms with van der Waals surface area (Å²) in [4.78, 5) is 12.5. The number of aryl methyl sites for hydroxylation is 1. The van der Waals surface area contributed by atoms with E-state index < -0.39 is 0 Å². The summed E-state index contributed by atoms with van der Waals surface area (Å²) in [6.07, 6.45) is 2.89.